The maximum Gasteiger partial charge on any atom is 0.325 e. The van der Waals surface area contributed by atoms with Crippen LogP contribution in [-0.4, -0.2) is 44.0 Å². The molecular weight excluding hydrogens is 246 g/mol. The van der Waals surface area contributed by atoms with Crippen LogP contribution in [-0.2, 0) is 19.6 Å². The summed E-state index contributed by atoms with van der Waals surface area (Å²) in [5, 5.41) is 8.40. The third-order valence-electron chi connectivity index (χ3n) is 3.04. The largest absolute Gasteiger partial charge is 0.468 e. The standard InChI is InChI=1S/C10H19NO5S/c1-7(10(13)16-2)17(14,15)11-8-5-3-4-6-9(8)12/h7-9,11-12H,3-6H2,1-2H3/t7?,8-,9-/m0/s1. The molecule has 0 aromatic heterocycles. The summed E-state index contributed by atoms with van der Waals surface area (Å²) in [6.45, 7) is 1.27. The molecule has 1 aliphatic carbocycles. The highest BCUT2D eigenvalue weighted by atomic mass is 32.2. The minimum absolute atomic E-state index is 0.499. The Labute approximate surface area is 101 Å². The summed E-state index contributed by atoms with van der Waals surface area (Å²) in [7, 11) is -2.65. The quantitative estimate of drug-likeness (QED) is 0.685. The number of methoxy groups -OCH3 is 1. The SMILES string of the molecule is COC(=O)C(C)S(=O)(=O)N[C@H]1CCCC[C@@H]1O. The topological polar surface area (TPSA) is 92.7 Å². The van der Waals surface area contributed by atoms with E-state index in [1.165, 1.54) is 6.92 Å². The number of hydrogen-bond donors (Lipinski definition) is 2. The first-order chi connectivity index (χ1) is 7.88. The minimum Gasteiger partial charge on any atom is -0.468 e. The van der Waals surface area contributed by atoms with Gasteiger partial charge in [0.2, 0.25) is 10.0 Å². The molecule has 100 valence electrons. The van der Waals surface area contributed by atoms with Gasteiger partial charge in [0.25, 0.3) is 0 Å². The Bertz CT molecular complexity index is 367. The Morgan fingerprint density at radius 3 is 2.53 bits per heavy atom. The summed E-state index contributed by atoms with van der Waals surface area (Å²) < 4.78 is 30.4. The highest BCUT2D eigenvalue weighted by molar-refractivity contribution is 7.90. The van der Waals surface area contributed by atoms with Crippen LogP contribution in [0, 0.1) is 0 Å². The molecule has 1 unspecified atom stereocenters. The fourth-order valence-electron chi connectivity index (χ4n) is 1.85. The predicted molar refractivity (Wildman–Crippen MR) is 61.8 cm³/mol. The fraction of sp³-hybridized carbons (Fsp3) is 0.900. The molecular formula is C10H19NO5S. The third kappa shape index (κ3) is 3.65. The second-order valence-corrected chi connectivity index (χ2v) is 6.32. The lowest BCUT2D eigenvalue weighted by Gasteiger charge is -2.28. The number of esters is 1. The van der Waals surface area contributed by atoms with Crippen LogP contribution >= 0.6 is 0 Å². The molecule has 1 fully saturated rings. The Hall–Kier alpha value is -0.660. The summed E-state index contributed by atoms with van der Waals surface area (Å²) >= 11 is 0. The molecule has 0 aromatic rings. The average Bonchev–Trinajstić information content (AvgIpc) is 2.30. The lowest BCUT2D eigenvalue weighted by Crippen LogP contribution is -2.49. The van der Waals surface area contributed by atoms with Gasteiger partial charge in [0, 0.05) is 6.04 Å². The predicted octanol–water partition coefficient (Wildman–Crippen LogP) is -0.229. The van der Waals surface area contributed by atoms with Gasteiger partial charge in [-0.3, -0.25) is 4.79 Å². The zero-order valence-electron chi connectivity index (χ0n) is 10.0. The molecule has 6 nitrogen and oxygen atoms in total. The first kappa shape index (κ1) is 14.4. The second kappa shape index (κ2) is 5.79. The molecule has 1 rings (SSSR count). The number of aliphatic hydroxyl groups excluding tert-OH is 1. The fourth-order valence-corrected chi connectivity index (χ4v) is 3.11. The number of rotatable bonds is 4. The van der Waals surface area contributed by atoms with Crippen LogP contribution in [0.5, 0.6) is 0 Å². The van der Waals surface area contributed by atoms with Crippen LogP contribution in [0.4, 0.5) is 0 Å². The smallest absolute Gasteiger partial charge is 0.325 e. The molecule has 1 aliphatic rings. The summed E-state index contributed by atoms with van der Waals surface area (Å²) in [5.74, 6) is -0.803. The van der Waals surface area contributed by atoms with Crippen LogP contribution in [0.1, 0.15) is 32.6 Å². The maximum atomic E-state index is 11.8. The van der Waals surface area contributed by atoms with Crippen molar-refractivity contribution in [1.29, 1.82) is 0 Å². The van der Waals surface area contributed by atoms with Crippen molar-refractivity contribution in [3.63, 3.8) is 0 Å². The number of carbonyl (C=O) groups excluding carboxylic acids is 1. The normalized spacial score (nSPS) is 27.5. The zero-order valence-corrected chi connectivity index (χ0v) is 10.9. The van der Waals surface area contributed by atoms with Crippen molar-refractivity contribution in [2.24, 2.45) is 0 Å². The van der Waals surface area contributed by atoms with Crippen molar-refractivity contribution in [3.05, 3.63) is 0 Å². The number of ether oxygens (including phenoxy) is 1. The molecule has 1 saturated carbocycles. The maximum absolute atomic E-state index is 11.8. The van der Waals surface area contributed by atoms with Crippen LogP contribution in [0.3, 0.4) is 0 Å². The van der Waals surface area contributed by atoms with E-state index in [-0.39, 0.29) is 0 Å². The van der Waals surface area contributed by atoms with Gasteiger partial charge in [-0.05, 0) is 19.8 Å². The highest BCUT2D eigenvalue weighted by Gasteiger charge is 2.34. The molecule has 0 radical (unpaired) electrons. The summed E-state index contributed by atoms with van der Waals surface area (Å²) in [5.41, 5.74) is 0. The van der Waals surface area contributed by atoms with Crippen molar-refractivity contribution < 1.29 is 23.1 Å². The molecule has 0 heterocycles. The van der Waals surface area contributed by atoms with Gasteiger partial charge in [0.1, 0.15) is 0 Å². The number of carbonyl (C=O) groups is 1. The molecule has 0 bridgehead atoms. The van der Waals surface area contributed by atoms with Gasteiger partial charge in [-0.2, -0.15) is 0 Å². The van der Waals surface area contributed by atoms with Crippen molar-refractivity contribution in [2.75, 3.05) is 7.11 Å². The van der Waals surface area contributed by atoms with E-state index in [1.807, 2.05) is 0 Å². The first-order valence-corrected chi connectivity index (χ1v) is 7.20. The third-order valence-corrected chi connectivity index (χ3v) is 4.80. The van der Waals surface area contributed by atoms with Gasteiger partial charge < -0.3 is 9.84 Å². The Morgan fingerprint density at radius 1 is 1.41 bits per heavy atom. The minimum atomic E-state index is -3.79. The molecule has 2 N–H and O–H groups in total. The molecule has 0 saturated heterocycles. The number of nitrogens with one attached hydrogen (secondary N) is 1. The van der Waals surface area contributed by atoms with Gasteiger partial charge in [0.05, 0.1) is 13.2 Å². The molecule has 17 heavy (non-hydrogen) atoms. The summed E-state index contributed by atoms with van der Waals surface area (Å²) in [6.07, 6.45) is 2.26. The molecule has 0 amide bonds. The van der Waals surface area contributed by atoms with Crippen LogP contribution < -0.4 is 4.72 Å². The number of hydrogen-bond acceptors (Lipinski definition) is 5. The van der Waals surface area contributed by atoms with E-state index in [1.54, 1.807) is 0 Å². The second-order valence-electron chi connectivity index (χ2n) is 4.29. The number of aliphatic hydroxyl groups is 1. The molecule has 0 spiro atoms. The Morgan fingerprint density at radius 2 is 2.00 bits per heavy atom. The molecule has 0 aliphatic heterocycles. The number of sulfonamides is 1. The zero-order chi connectivity index (χ0) is 13.1. The van der Waals surface area contributed by atoms with Crippen LogP contribution in [0.2, 0.25) is 0 Å². The lowest BCUT2D eigenvalue weighted by atomic mass is 9.93. The van der Waals surface area contributed by atoms with E-state index in [4.69, 9.17) is 0 Å². The Kier molecular flexibility index (Phi) is 4.91. The summed E-state index contributed by atoms with van der Waals surface area (Å²) in [6, 6.07) is -0.499. The van der Waals surface area contributed by atoms with Crippen molar-refractivity contribution in [3.8, 4) is 0 Å². The van der Waals surface area contributed by atoms with E-state index >= 15 is 0 Å². The van der Waals surface area contributed by atoms with Crippen molar-refractivity contribution in [1.82, 2.24) is 4.72 Å². The first-order valence-electron chi connectivity index (χ1n) is 5.65. The molecule has 7 heteroatoms. The highest BCUT2D eigenvalue weighted by Crippen LogP contribution is 2.19. The van der Waals surface area contributed by atoms with Crippen molar-refractivity contribution >= 4 is 16.0 Å². The Balaban J connectivity index is 2.68. The van der Waals surface area contributed by atoms with Crippen molar-refractivity contribution in [2.45, 2.75) is 50.0 Å². The monoisotopic (exact) mass is 265 g/mol. The summed E-state index contributed by atoms with van der Waals surface area (Å²) in [4.78, 5) is 11.2. The van der Waals surface area contributed by atoms with Gasteiger partial charge in [-0.25, -0.2) is 13.1 Å². The van der Waals surface area contributed by atoms with E-state index in [0.29, 0.717) is 12.8 Å². The van der Waals surface area contributed by atoms with Gasteiger partial charge in [0.15, 0.2) is 5.25 Å². The average molecular weight is 265 g/mol. The van der Waals surface area contributed by atoms with Crippen LogP contribution in [0.15, 0.2) is 0 Å². The molecule has 3 atom stereocenters. The van der Waals surface area contributed by atoms with E-state index in [2.05, 4.69) is 9.46 Å². The van der Waals surface area contributed by atoms with Crippen LogP contribution in [0.25, 0.3) is 0 Å². The van der Waals surface area contributed by atoms with E-state index in [9.17, 15) is 18.3 Å². The van der Waals surface area contributed by atoms with Gasteiger partial charge >= 0.3 is 5.97 Å². The van der Waals surface area contributed by atoms with Gasteiger partial charge in [-0.15, -0.1) is 0 Å². The lowest BCUT2D eigenvalue weighted by molar-refractivity contribution is -0.139. The van der Waals surface area contributed by atoms with Gasteiger partial charge in [-0.1, -0.05) is 12.8 Å². The molecule has 0 aromatic carbocycles. The van der Waals surface area contributed by atoms with E-state index in [0.717, 1.165) is 20.0 Å². The van der Waals surface area contributed by atoms with E-state index < -0.39 is 33.4 Å².